The molecule has 2 amide bonds. The Kier molecular flexibility index (Phi) is 10.2. The molecule has 4 N–H and O–H groups in total. The van der Waals surface area contributed by atoms with Crippen LogP contribution in [0, 0.1) is 11.7 Å². The van der Waals surface area contributed by atoms with E-state index in [1.807, 2.05) is 24.0 Å². The topological polar surface area (TPSA) is 180 Å². The molecule has 2 aromatic carbocycles. The Balaban J connectivity index is 0.978. The number of amides is 2. The molecule has 3 fully saturated rings. The maximum absolute atomic E-state index is 15.8. The molecule has 7 rings (SSSR count). The second kappa shape index (κ2) is 15.0. The van der Waals surface area contributed by atoms with Gasteiger partial charge in [0.15, 0.2) is 18.2 Å². The van der Waals surface area contributed by atoms with E-state index in [4.69, 9.17) is 9.47 Å². The number of rotatable bonds is 14. The molecular weight excluding hydrogens is 701 g/mol. The van der Waals surface area contributed by atoms with Crippen LogP contribution in [0.2, 0.25) is 0 Å². The molecule has 1 aromatic heterocycles. The van der Waals surface area contributed by atoms with E-state index in [2.05, 4.69) is 10.6 Å². The van der Waals surface area contributed by atoms with Crippen LogP contribution in [0.25, 0.3) is 10.9 Å². The Labute approximate surface area is 309 Å². The zero-order chi connectivity index (χ0) is 38.3. The third kappa shape index (κ3) is 6.91. The van der Waals surface area contributed by atoms with Gasteiger partial charge in [-0.05, 0) is 68.7 Å². The second-order valence-electron chi connectivity index (χ2n) is 14.2. The molecule has 0 unspecified atom stereocenters. The smallest absolute Gasteiger partial charge is 0.352 e. The maximum atomic E-state index is 15.8. The molecule has 4 aliphatic rings. The Morgan fingerprint density at radius 3 is 2.52 bits per heavy atom. The van der Waals surface area contributed by atoms with Crippen LogP contribution in [0.5, 0.6) is 11.5 Å². The van der Waals surface area contributed by atoms with Gasteiger partial charge in [-0.15, -0.1) is 0 Å². The van der Waals surface area contributed by atoms with Crippen molar-refractivity contribution < 1.29 is 43.3 Å². The number of halogens is 1. The number of aromatic carboxylic acids is 1. The quantitative estimate of drug-likeness (QED) is 0.178. The van der Waals surface area contributed by atoms with E-state index in [9.17, 15) is 34.2 Å². The van der Waals surface area contributed by atoms with Crippen molar-refractivity contribution in [3.63, 3.8) is 0 Å². The van der Waals surface area contributed by atoms with Crippen LogP contribution in [0.1, 0.15) is 55.4 Å². The fourth-order valence-corrected chi connectivity index (χ4v) is 7.88. The summed E-state index contributed by atoms with van der Waals surface area (Å²) < 4.78 is 28.8. The molecule has 3 aliphatic heterocycles. The molecule has 3 aromatic rings. The van der Waals surface area contributed by atoms with Crippen molar-refractivity contribution in [2.45, 2.75) is 63.2 Å². The summed E-state index contributed by atoms with van der Waals surface area (Å²) >= 11 is 0. The number of β-lactam (4-membered cyclic amide) rings is 1. The number of nitrogens with one attached hydrogen (secondary N) is 2. The number of carbonyl (C=O) groups is 4. The molecule has 4 atom stereocenters. The standard InChI is InChI=1S/C39H42FN5O9/c1-21(23-14-16-43(18-23)34-28(40)17-26-33(36(34)53-2)44(24-11-12-24)19-27(35(26)47)38(49)50)41-15-6-7-22-10-13-29-31(37(48)45(29)32(22)39(51)52)42-30(46)20-54-25-8-4-3-5-9-25/h3-9,17,19,21,23-24,29,31,41H,10-16,18,20H2,1-2H3,(H,42,46)(H,49,50)(H,51,52)/b7-6+/t21-,23+,29+,31-/m0/s1. The number of benzene rings is 2. The number of anilines is 1. The number of pyridine rings is 1. The first-order chi connectivity index (χ1) is 26.0. The summed E-state index contributed by atoms with van der Waals surface area (Å²) in [6, 6.07) is 8.66. The van der Waals surface area contributed by atoms with Crippen molar-refractivity contribution in [1.29, 1.82) is 0 Å². The summed E-state index contributed by atoms with van der Waals surface area (Å²) in [5.41, 5.74) is -0.0962. The van der Waals surface area contributed by atoms with Crippen LogP contribution in [0.15, 0.2) is 70.8 Å². The van der Waals surface area contributed by atoms with E-state index in [1.165, 1.54) is 18.2 Å². The summed E-state index contributed by atoms with van der Waals surface area (Å²) in [4.78, 5) is 65.9. The normalized spacial score (nSPS) is 21.6. The summed E-state index contributed by atoms with van der Waals surface area (Å²) in [6.45, 7) is 3.21. The second-order valence-corrected chi connectivity index (χ2v) is 14.2. The summed E-state index contributed by atoms with van der Waals surface area (Å²) in [7, 11) is 1.42. The molecule has 284 valence electrons. The molecule has 1 saturated carbocycles. The third-order valence-corrected chi connectivity index (χ3v) is 10.8. The Morgan fingerprint density at radius 2 is 1.83 bits per heavy atom. The maximum Gasteiger partial charge on any atom is 0.352 e. The van der Waals surface area contributed by atoms with Crippen LogP contribution >= 0.6 is 0 Å². The van der Waals surface area contributed by atoms with Crippen LogP contribution < -0.4 is 30.4 Å². The van der Waals surface area contributed by atoms with Crippen LogP contribution in [-0.2, 0) is 14.4 Å². The first-order valence-electron chi connectivity index (χ1n) is 18.1. The molecular formula is C39H42FN5O9. The number of fused-ring (bicyclic) bond motifs is 2. The number of ether oxygens (including phenoxy) is 2. The first kappa shape index (κ1) is 36.6. The lowest BCUT2D eigenvalue weighted by atomic mass is 9.83. The lowest BCUT2D eigenvalue weighted by molar-refractivity contribution is -0.156. The predicted molar refractivity (Wildman–Crippen MR) is 195 cm³/mol. The average molecular weight is 744 g/mol. The molecule has 14 nitrogen and oxygen atoms in total. The van der Waals surface area contributed by atoms with Gasteiger partial charge in [-0.2, -0.15) is 0 Å². The van der Waals surface area contributed by atoms with Gasteiger partial charge in [0.05, 0.1) is 24.1 Å². The van der Waals surface area contributed by atoms with Gasteiger partial charge in [-0.3, -0.25) is 19.3 Å². The zero-order valence-corrected chi connectivity index (χ0v) is 29.9. The van der Waals surface area contributed by atoms with Crippen molar-refractivity contribution in [1.82, 2.24) is 20.1 Å². The van der Waals surface area contributed by atoms with Crippen LogP contribution in [0.3, 0.4) is 0 Å². The molecule has 4 heterocycles. The number of hydrogen-bond acceptors (Lipinski definition) is 9. The minimum atomic E-state index is -1.36. The number of aliphatic carboxylic acids is 1. The molecule has 54 heavy (non-hydrogen) atoms. The molecule has 0 bridgehead atoms. The van der Waals surface area contributed by atoms with Crippen LogP contribution in [-0.4, -0.2) is 94.9 Å². The molecule has 2 saturated heterocycles. The molecule has 0 spiro atoms. The lowest BCUT2D eigenvalue weighted by Gasteiger charge is -2.50. The average Bonchev–Trinajstić information content (AvgIpc) is 3.89. The van der Waals surface area contributed by atoms with E-state index in [1.54, 1.807) is 34.9 Å². The summed E-state index contributed by atoms with van der Waals surface area (Å²) in [5.74, 6) is -3.34. The first-order valence-corrected chi connectivity index (χ1v) is 18.1. The Bertz CT molecular complexity index is 2130. The van der Waals surface area contributed by atoms with Gasteiger partial charge >= 0.3 is 11.9 Å². The minimum Gasteiger partial charge on any atom is -0.492 e. The third-order valence-electron chi connectivity index (χ3n) is 10.8. The highest BCUT2D eigenvalue weighted by atomic mass is 19.1. The number of para-hydroxylation sites is 1. The van der Waals surface area contributed by atoms with E-state index in [0.29, 0.717) is 49.3 Å². The zero-order valence-electron chi connectivity index (χ0n) is 29.9. The fraction of sp³-hybridized carbons (Fsp3) is 0.410. The van der Waals surface area contributed by atoms with Gasteiger partial charge in [0, 0.05) is 37.9 Å². The number of carbonyl (C=O) groups excluding carboxylic acids is 2. The van der Waals surface area contributed by atoms with Gasteiger partial charge in [-0.25, -0.2) is 14.0 Å². The number of hydrogen-bond donors (Lipinski definition) is 4. The number of aromatic nitrogens is 1. The van der Waals surface area contributed by atoms with Gasteiger partial charge in [0.1, 0.15) is 28.7 Å². The molecule has 15 heteroatoms. The number of carboxylic acids is 2. The van der Waals surface area contributed by atoms with E-state index in [0.717, 1.165) is 25.3 Å². The highest BCUT2D eigenvalue weighted by molar-refractivity contribution is 6.02. The largest absolute Gasteiger partial charge is 0.492 e. The molecule has 1 aliphatic carbocycles. The van der Waals surface area contributed by atoms with Gasteiger partial charge in [-0.1, -0.05) is 30.4 Å². The Hall–Kier alpha value is -5.70. The number of allylic oxidation sites excluding steroid dienone is 2. The van der Waals surface area contributed by atoms with Crippen LogP contribution in [0.4, 0.5) is 10.1 Å². The lowest BCUT2D eigenvalue weighted by Crippen LogP contribution is -2.71. The van der Waals surface area contributed by atoms with E-state index < -0.39 is 52.6 Å². The van der Waals surface area contributed by atoms with Gasteiger partial charge in [0.25, 0.3) is 11.8 Å². The van der Waals surface area contributed by atoms with Crippen molar-refractivity contribution in [3.05, 3.63) is 87.6 Å². The number of nitrogens with zero attached hydrogens (tertiary/aromatic N) is 3. The highest BCUT2D eigenvalue weighted by Crippen LogP contribution is 2.45. The number of methoxy groups -OCH3 is 1. The number of carboxylic acid groups (broad SMARTS) is 2. The summed E-state index contributed by atoms with van der Waals surface area (Å²) in [6.07, 6.45) is 8.15. The van der Waals surface area contributed by atoms with Crippen molar-refractivity contribution in [2.24, 2.45) is 5.92 Å². The van der Waals surface area contributed by atoms with E-state index in [-0.39, 0.29) is 47.1 Å². The SMILES string of the molecule is COc1c(N2CC[C@@H]([C@H](C)NC/C=C/C3=C(C(=O)O)N4C(=O)[C@@H](NC(=O)COc5ccccc5)[C@H]4CC3)C2)c(F)cc2c(=O)c(C(=O)O)cn(C3CC3)c12. The van der Waals surface area contributed by atoms with Gasteiger partial charge in [0.2, 0.25) is 5.43 Å². The van der Waals surface area contributed by atoms with E-state index >= 15 is 4.39 Å². The predicted octanol–water partition coefficient (Wildman–Crippen LogP) is 3.45. The van der Waals surface area contributed by atoms with Gasteiger partial charge < -0.3 is 39.8 Å². The van der Waals surface area contributed by atoms with Crippen molar-refractivity contribution in [3.8, 4) is 11.5 Å². The fourth-order valence-electron chi connectivity index (χ4n) is 7.88. The Morgan fingerprint density at radius 1 is 1.07 bits per heavy atom. The summed E-state index contributed by atoms with van der Waals surface area (Å²) in [5, 5.41) is 25.8. The highest BCUT2D eigenvalue weighted by Gasteiger charge is 2.53. The molecule has 0 radical (unpaired) electrons. The monoisotopic (exact) mass is 743 g/mol. The van der Waals surface area contributed by atoms with Crippen molar-refractivity contribution in [2.75, 3.05) is 38.3 Å². The minimum absolute atomic E-state index is 0.00119. The van der Waals surface area contributed by atoms with Crippen molar-refractivity contribution >= 4 is 40.3 Å².